The van der Waals surface area contributed by atoms with Gasteiger partial charge in [-0.2, -0.15) is 0 Å². The van der Waals surface area contributed by atoms with Gasteiger partial charge in [0, 0.05) is 6.54 Å². The zero-order valence-corrected chi connectivity index (χ0v) is 17.9. The number of nitrogens with zero attached hydrogens (tertiary/aromatic N) is 1. The van der Waals surface area contributed by atoms with Gasteiger partial charge in [0.2, 0.25) is 5.91 Å². The van der Waals surface area contributed by atoms with E-state index in [1.54, 1.807) is 0 Å². The Morgan fingerprint density at radius 1 is 0.692 bits per heavy atom. The first-order chi connectivity index (χ1) is 12.7. The molecule has 0 aliphatic heterocycles. The number of hydrogen-bond donors (Lipinski definition) is 1. The summed E-state index contributed by atoms with van der Waals surface area (Å²) in [5, 5.41) is 2.83. The van der Waals surface area contributed by atoms with Crippen LogP contribution in [0, 0.1) is 0 Å². The van der Waals surface area contributed by atoms with E-state index in [4.69, 9.17) is 0 Å². The van der Waals surface area contributed by atoms with Gasteiger partial charge < -0.3 is 10.2 Å². The lowest BCUT2D eigenvalue weighted by Gasteiger charge is -2.08. The van der Waals surface area contributed by atoms with E-state index in [0.29, 0.717) is 0 Å². The van der Waals surface area contributed by atoms with Crippen LogP contribution in [0.15, 0.2) is 12.7 Å². The van der Waals surface area contributed by atoms with Crippen molar-refractivity contribution in [1.82, 2.24) is 10.2 Å². The number of rotatable bonds is 20. The molecule has 0 saturated heterocycles. The largest absolute Gasteiger partial charge is 0.353 e. The molecule has 0 aliphatic carbocycles. The SMILES string of the molecule is C=CC(=O)NCCCCCCCCCCCCCCCCCCN(C)C. The van der Waals surface area contributed by atoms with Crippen molar-refractivity contribution >= 4 is 5.91 Å². The van der Waals surface area contributed by atoms with E-state index in [2.05, 4.69) is 30.9 Å². The molecule has 0 heterocycles. The van der Waals surface area contributed by atoms with Crippen molar-refractivity contribution in [3.8, 4) is 0 Å². The number of carbonyl (C=O) groups is 1. The van der Waals surface area contributed by atoms with Crippen molar-refractivity contribution in [1.29, 1.82) is 0 Å². The third-order valence-electron chi connectivity index (χ3n) is 5.02. The Morgan fingerprint density at radius 2 is 1.04 bits per heavy atom. The summed E-state index contributed by atoms with van der Waals surface area (Å²) in [4.78, 5) is 13.3. The Kier molecular flexibility index (Phi) is 19.8. The Morgan fingerprint density at radius 3 is 1.38 bits per heavy atom. The number of hydrogen-bond acceptors (Lipinski definition) is 2. The molecule has 0 saturated carbocycles. The van der Waals surface area contributed by atoms with E-state index >= 15 is 0 Å². The molecular weight excluding hydrogens is 320 g/mol. The molecule has 3 nitrogen and oxygen atoms in total. The molecule has 0 aliphatic rings. The van der Waals surface area contributed by atoms with Gasteiger partial charge in [-0.25, -0.2) is 0 Å². The fourth-order valence-electron chi connectivity index (χ4n) is 3.31. The monoisotopic (exact) mass is 366 g/mol. The van der Waals surface area contributed by atoms with Gasteiger partial charge in [-0.15, -0.1) is 0 Å². The van der Waals surface area contributed by atoms with E-state index in [-0.39, 0.29) is 5.91 Å². The Labute approximate surface area is 164 Å². The number of nitrogens with one attached hydrogen (secondary N) is 1. The molecule has 0 atom stereocenters. The van der Waals surface area contributed by atoms with Crippen LogP contribution < -0.4 is 5.32 Å². The van der Waals surface area contributed by atoms with Crippen LogP contribution >= 0.6 is 0 Å². The van der Waals surface area contributed by atoms with E-state index in [0.717, 1.165) is 13.0 Å². The maximum Gasteiger partial charge on any atom is 0.243 e. The minimum Gasteiger partial charge on any atom is -0.353 e. The van der Waals surface area contributed by atoms with E-state index in [9.17, 15) is 4.79 Å². The molecule has 0 unspecified atom stereocenters. The number of unbranched alkanes of at least 4 members (excludes halogenated alkanes) is 15. The summed E-state index contributed by atoms with van der Waals surface area (Å²) in [6.07, 6.45) is 23.3. The third-order valence-corrected chi connectivity index (χ3v) is 5.02. The molecule has 1 N–H and O–H groups in total. The Balaban J connectivity index is 3.03. The third kappa shape index (κ3) is 21.2. The average Bonchev–Trinajstić information content (AvgIpc) is 2.63. The molecule has 154 valence electrons. The molecule has 0 radical (unpaired) electrons. The summed E-state index contributed by atoms with van der Waals surface area (Å²) < 4.78 is 0. The van der Waals surface area contributed by atoms with Crippen LogP contribution in [0.25, 0.3) is 0 Å². The van der Waals surface area contributed by atoms with Crippen molar-refractivity contribution in [2.24, 2.45) is 0 Å². The van der Waals surface area contributed by atoms with Gasteiger partial charge in [0.15, 0.2) is 0 Å². The van der Waals surface area contributed by atoms with Gasteiger partial charge in [-0.3, -0.25) is 4.79 Å². The van der Waals surface area contributed by atoms with Crippen LogP contribution in [0.5, 0.6) is 0 Å². The number of carbonyl (C=O) groups excluding carboxylic acids is 1. The average molecular weight is 367 g/mol. The first-order valence-corrected chi connectivity index (χ1v) is 11.2. The predicted octanol–water partition coefficient (Wildman–Crippen LogP) is 6.09. The first-order valence-electron chi connectivity index (χ1n) is 11.2. The summed E-state index contributed by atoms with van der Waals surface area (Å²) >= 11 is 0. The highest BCUT2D eigenvalue weighted by Crippen LogP contribution is 2.13. The summed E-state index contributed by atoms with van der Waals surface area (Å²) in [5.41, 5.74) is 0. The highest BCUT2D eigenvalue weighted by Gasteiger charge is 1.96. The first kappa shape index (κ1) is 25.2. The maximum atomic E-state index is 11.0. The highest BCUT2D eigenvalue weighted by atomic mass is 16.1. The molecule has 0 aromatic rings. The molecule has 26 heavy (non-hydrogen) atoms. The van der Waals surface area contributed by atoms with Crippen molar-refractivity contribution in [2.75, 3.05) is 27.2 Å². The second kappa shape index (κ2) is 20.5. The topological polar surface area (TPSA) is 32.3 Å². The summed E-state index contributed by atoms with van der Waals surface area (Å²) in [6, 6.07) is 0. The van der Waals surface area contributed by atoms with Crippen LogP contribution in [0.1, 0.15) is 103 Å². The summed E-state index contributed by atoms with van der Waals surface area (Å²) in [7, 11) is 4.32. The second-order valence-corrected chi connectivity index (χ2v) is 7.96. The second-order valence-electron chi connectivity index (χ2n) is 7.96. The van der Waals surface area contributed by atoms with E-state index in [1.807, 2.05) is 0 Å². The molecule has 1 amide bonds. The fraction of sp³-hybridized carbons (Fsp3) is 0.870. The van der Waals surface area contributed by atoms with Crippen molar-refractivity contribution in [2.45, 2.75) is 103 Å². The van der Waals surface area contributed by atoms with Crippen LogP contribution in [0.4, 0.5) is 0 Å². The zero-order valence-electron chi connectivity index (χ0n) is 17.9. The lowest BCUT2D eigenvalue weighted by atomic mass is 10.0. The van der Waals surface area contributed by atoms with Crippen LogP contribution in [-0.4, -0.2) is 38.0 Å². The molecule has 0 aromatic heterocycles. The Hall–Kier alpha value is -0.830. The fourth-order valence-corrected chi connectivity index (χ4v) is 3.31. The standard InChI is InChI=1S/C23H46N2O/c1-4-23(26)24-21-19-17-15-13-11-9-7-5-6-8-10-12-14-16-18-20-22-25(2)3/h4H,1,5-22H2,2-3H3,(H,24,26). The van der Waals surface area contributed by atoms with Gasteiger partial charge in [-0.05, 0) is 39.6 Å². The summed E-state index contributed by atoms with van der Waals surface area (Å²) in [6.45, 7) is 5.49. The van der Waals surface area contributed by atoms with Crippen molar-refractivity contribution < 1.29 is 4.79 Å². The van der Waals surface area contributed by atoms with Gasteiger partial charge in [0.1, 0.15) is 0 Å². The number of amides is 1. The molecular formula is C23H46N2O. The van der Waals surface area contributed by atoms with E-state index < -0.39 is 0 Å². The zero-order chi connectivity index (χ0) is 19.3. The lowest BCUT2D eigenvalue weighted by Crippen LogP contribution is -2.21. The van der Waals surface area contributed by atoms with Crippen LogP contribution in [-0.2, 0) is 4.79 Å². The Bertz CT molecular complexity index is 315. The van der Waals surface area contributed by atoms with Gasteiger partial charge >= 0.3 is 0 Å². The summed E-state index contributed by atoms with van der Waals surface area (Å²) in [5.74, 6) is -0.0509. The molecule has 3 heteroatoms. The normalized spacial score (nSPS) is 11.0. The minimum atomic E-state index is -0.0509. The smallest absolute Gasteiger partial charge is 0.243 e. The van der Waals surface area contributed by atoms with Gasteiger partial charge in [-0.1, -0.05) is 96.5 Å². The predicted molar refractivity (Wildman–Crippen MR) is 116 cm³/mol. The maximum absolute atomic E-state index is 11.0. The quantitative estimate of drug-likeness (QED) is 0.209. The lowest BCUT2D eigenvalue weighted by molar-refractivity contribution is -0.116. The molecule has 0 aromatic carbocycles. The van der Waals surface area contributed by atoms with Crippen LogP contribution in [0.2, 0.25) is 0 Å². The highest BCUT2D eigenvalue weighted by molar-refractivity contribution is 5.86. The molecule has 0 fully saturated rings. The van der Waals surface area contributed by atoms with Crippen molar-refractivity contribution in [3.05, 3.63) is 12.7 Å². The van der Waals surface area contributed by atoms with Crippen molar-refractivity contribution in [3.63, 3.8) is 0 Å². The van der Waals surface area contributed by atoms with Gasteiger partial charge in [0.25, 0.3) is 0 Å². The van der Waals surface area contributed by atoms with Crippen LogP contribution in [0.3, 0.4) is 0 Å². The molecule has 0 bridgehead atoms. The molecule has 0 spiro atoms. The minimum absolute atomic E-state index is 0.0509. The van der Waals surface area contributed by atoms with Gasteiger partial charge in [0.05, 0.1) is 0 Å². The molecule has 0 rings (SSSR count). The van der Waals surface area contributed by atoms with E-state index in [1.165, 1.54) is 109 Å².